The van der Waals surface area contributed by atoms with Gasteiger partial charge in [0.25, 0.3) is 0 Å². The molecular formula is C24H35ClN4O4. The SMILES string of the molecule is CC1CCC1.CCN1CC(Oc2ccccc2Cl)=CC1=O.NC(/C=C\NCCCO)=NC=O. The third kappa shape index (κ3) is 12.1. The van der Waals surface area contributed by atoms with E-state index in [9.17, 15) is 9.59 Å². The van der Waals surface area contributed by atoms with E-state index in [1.807, 2.05) is 19.1 Å². The molecule has 3 rings (SSSR count). The number of amides is 2. The molecule has 0 atom stereocenters. The Labute approximate surface area is 201 Å². The first-order valence-corrected chi connectivity index (χ1v) is 11.5. The van der Waals surface area contributed by atoms with Crippen molar-refractivity contribution in [2.24, 2.45) is 16.6 Å². The Morgan fingerprint density at radius 1 is 1.39 bits per heavy atom. The Balaban J connectivity index is 0.000000281. The van der Waals surface area contributed by atoms with Crippen LogP contribution in [-0.2, 0) is 9.59 Å². The smallest absolute Gasteiger partial charge is 0.250 e. The summed E-state index contributed by atoms with van der Waals surface area (Å²) in [4.78, 5) is 26.2. The van der Waals surface area contributed by atoms with Crippen LogP contribution in [0.25, 0.3) is 0 Å². The van der Waals surface area contributed by atoms with Crippen molar-refractivity contribution in [3.8, 4) is 5.75 Å². The number of amidine groups is 1. The fourth-order valence-corrected chi connectivity index (χ4v) is 2.84. The van der Waals surface area contributed by atoms with Crippen molar-refractivity contribution >= 4 is 29.8 Å². The minimum absolute atomic E-state index is 0.00967. The van der Waals surface area contributed by atoms with Gasteiger partial charge in [-0.25, -0.2) is 0 Å². The van der Waals surface area contributed by atoms with Crippen LogP contribution >= 0.6 is 11.6 Å². The van der Waals surface area contributed by atoms with Gasteiger partial charge in [-0.05, 0) is 37.5 Å². The van der Waals surface area contributed by atoms with Crippen LogP contribution in [0.4, 0.5) is 0 Å². The summed E-state index contributed by atoms with van der Waals surface area (Å²) in [6.45, 7) is 6.26. The molecule has 1 aromatic rings. The summed E-state index contributed by atoms with van der Waals surface area (Å²) in [5, 5.41) is 11.8. The van der Waals surface area contributed by atoms with Crippen LogP contribution < -0.4 is 15.8 Å². The van der Waals surface area contributed by atoms with Crippen molar-refractivity contribution in [1.82, 2.24) is 10.2 Å². The highest BCUT2D eigenvalue weighted by molar-refractivity contribution is 6.32. The van der Waals surface area contributed by atoms with E-state index >= 15 is 0 Å². The van der Waals surface area contributed by atoms with Crippen molar-refractivity contribution < 1.29 is 19.4 Å². The number of nitrogens with two attached hydrogens (primary N) is 1. The van der Waals surface area contributed by atoms with Gasteiger partial charge in [-0.3, -0.25) is 9.59 Å². The molecule has 1 aliphatic carbocycles. The number of aliphatic hydroxyl groups is 1. The van der Waals surface area contributed by atoms with Gasteiger partial charge in [0.05, 0.1) is 11.6 Å². The highest BCUT2D eigenvalue weighted by atomic mass is 35.5. The third-order valence-electron chi connectivity index (χ3n) is 4.85. The highest BCUT2D eigenvalue weighted by Gasteiger charge is 2.21. The zero-order valence-corrected chi connectivity index (χ0v) is 20.1. The van der Waals surface area contributed by atoms with E-state index in [2.05, 4.69) is 17.2 Å². The molecular weight excluding hydrogens is 444 g/mol. The van der Waals surface area contributed by atoms with Gasteiger partial charge in [0.2, 0.25) is 12.3 Å². The number of aliphatic hydroxyl groups excluding tert-OH is 1. The van der Waals surface area contributed by atoms with Crippen LogP contribution in [0, 0.1) is 5.92 Å². The lowest BCUT2D eigenvalue weighted by atomic mass is 9.88. The van der Waals surface area contributed by atoms with Crippen LogP contribution in [0.1, 0.15) is 39.5 Å². The van der Waals surface area contributed by atoms with E-state index in [0.717, 1.165) is 5.92 Å². The minimum Gasteiger partial charge on any atom is -0.458 e. The highest BCUT2D eigenvalue weighted by Crippen LogP contribution is 2.26. The van der Waals surface area contributed by atoms with Gasteiger partial charge >= 0.3 is 0 Å². The Morgan fingerprint density at radius 3 is 2.61 bits per heavy atom. The van der Waals surface area contributed by atoms with E-state index in [4.69, 9.17) is 27.2 Å². The van der Waals surface area contributed by atoms with Gasteiger partial charge in [0.1, 0.15) is 17.3 Å². The standard InChI is InChI=1S/C12H12ClNO2.C7H13N3O2.C5H10/c1-2-14-8-9(7-12(14)15)16-11-6-4-3-5-10(11)13;8-7(10-6-12)2-4-9-3-1-5-11;1-5-3-2-4-5/h3-7H,2,8H2,1H3;2,4,6,9,11H,1,3,5H2,(H2,8,10,12);5H,2-4H2,1H3/b;4-2-;. The number of nitrogens with one attached hydrogen (secondary N) is 1. The van der Waals surface area contributed by atoms with Crippen molar-refractivity contribution in [1.29, 1.82) is 0 Å². The second-order valence-electron chi connectivity index (χ2n) is 7.56. The van der Waals surface area contributed by atoms with Gasteiger partial charge in [0.15, 0.2) is 0 Å². The maximum atomic E-state index is 11.4. The van der Waals surface area contributed by atoms with Crippen LogP contribution in [0.15, 0.2) is 53.4 Å². The third-order valence-corrected chi connectivity index (χ3v) is 5.16. The lowest BCUT2D eigenvalue weighted by molar-refractivity contribution is -0.124. The zero-order valence-electron chi connectivity index (χ0n) is 19.4. The van der Waals surface area contributed by atoms with Crippen LogP contribution in [0.3, 0.4) is 0 Å². The lowest BCUT2D eigenvalue weighted by Gasteiger charge is -2.18. The monoisotopic (exact) mass is 478 g/mol. The molecule has 0 saturated heterocycles. The predicted molar refractivity (Wildman–Crippen MR) is 132 cm³/mol. The second-order valence-corrected chi connectivity index (χ2v) is 7.96. The van der Waals surface area contributed by atoms with Gasteiger partial charge in [-0.2, -0.15) is 4.99 Å². The zero-order chi connectivity index (χ0) is 24.5. The summed E-state index contributed by atoms with van der Waals surface area (Å²) in [7, 11) is 0. The first kappa shape index (κ1) is 28.2. The summed E-state index contributed by atoms with van der Waals surface area (Å²) >= 11 is 5.96. The maximum Gasteiger partial charge on any atom is 0.250 e. The topological polar surface area (TPSA) is 117 Å². The molecule has 4 N–H and O–H groups in total. The molecule has 0 radical (unpaired) electrons. The molecule has 0 bridgehead atoms. The molecule has 33 heavy (non-hydrogen) atoms. The van der Waals surface area contributed by atoms with Crippen molar-refractivity contribution in [3.63, 3.8) is 0 Å². The van der Waals surface area contributed by atoms with E-state index in [0.29, 0.717) is 49.0 Å². The average molecular weight is 479 g/mol. The van der Waals surface area contributed by atoms with E-state index in [1.54, 1.807) is 23.2 Å². The maximum absolute atomic E-state index is 11.4. The van der Waals surface area contributed by atoms with Crippen molar-refractivity contribution in [2.75, 3.05) is 26.2 Å². The molecule has 1 saturated carbocycles. The molecule has 8 nitrogen and oxygen atoms in total. The molecule has 0 spiro atoms. The number of hydrogen-bond acceptors (Lipinski definition) is 5. The first-order chi connectivity index (χ1) is 15.9. The Morgan fingerprint density at radius 2 is 2.09 bits per heavy atom. The van der Waals surface area contributed by atoms with Crippen molar-refractivity contribution in [3.05, 3.63) is 53.4 Å². The number of carbonyl (C=O) groups excluding carboxylic acids is 2. The molecule has 9 heteroatoms. The van der Waals surface area contributed by atoms with E-state index in [-0.39, 0.29) is 18.3 Å². The molecule has 182 valence electrons. The number of aliphatic imine (C=N–C) groups is 1. The van der Waals surface area contributed by atoms with E-state index < -0.39 is 0 Å². The molecule has 0 unspecified atom stereocenters. The molecule has 1 heterocycles. The molecule has 1 aliphatic heterocycles. The summed E-state index contributed by atoms with van der Waals surface area (Å²) in [5.74, 6) is 2.43. The van der Waals surface area contributed by atoms with Gasteiger partial charge in [-0.1, -0.05) is 49.9 Å². The first-order valence-electron chi connectivity index (χ1n) is 11.1. The molecule has 2 amide bonds. The van der Waals surface area contributed by atoms with Gasteiger partial charge in [-0.15, -0.1) is 0 Å². The fraction of sp³-hybridized carbons (Fsp3) is 0.458. The van der Waals surface area contributed by atoms with Crippen LogP contribution in [-0.4, -0.2) is 54.4 Å². The lowest BCUT2D eigenvalue weighted by Crippen LogP contribution is -2.25. The number of benzene rings is 1. The fourth-order valence-electron chi connectivity index (χ4n) is 2.66. The molecule has 1 aromatic carbocycles. The summed E-state index contributed by atoms with van der Waals surface area (Å²) in [5.41, 5.74) is 5.24. The number of likely N-dealkylation sites (N-methyl/N-ethyl adjacent to an activating group) is 1. The van der Waals surface area contributed by atoms with E-state index in [1.165, 1.54) is 31.4 Å². The van der Waals surface area contributed by atoms with Gasteiger partial charge < -0.3 is 25.8 Å². The molecule has 1 fully saturated rings. The second kappa shape index (κ2) is 16.7. The average Bonchev–Trinajstić information content (AvgIpc) is 3.14. The summed E-state index contributed by atoms with van der Waals surface area (Å²) in [6, 6.07) is 7.21. The normalized spacial score (nSPS) is 15.6. The Kier molecular flexibility index (Phi) is 14.3. The Hall–Kier alpha value is -2.84. The number of rotatable bonds is 9. The quantitative estimate of drug-likeness (QED) is 0.217. The van der Waals surface area contributed by atoms with Crippen LogP contribution in [0.5, 0.6) is 5.75 Å². The number of carbonyl (C=O) groups is 2. The largest absolute Gasteiger partial charge is 0.458 e. The number of ether oxygens (including phenoxy) is 1. The summed E-state index contributed by atoms with van der Waals surface area (Å²) in [6.07, 6.45) is 10.1. The van der Waals surface area contributed by atoms with Crippen LogP contribution in [0.2, 0.25) is 5.02 Å². The van der Waals surface area contributed by atoms with Crippen molar-refractivity contribution in [2.45, 2.75) is 39.5 Å². The predicted octanol–water partition coefficient (Wildman–Crippen LogP) is 3.26. The Bertz CT molecular complexity index is 822. The van der Waals surface area contributed by atoms with Gasteiger partial charge in [0, 0.05) is 32.0 Å². The molecule has 2 aliphatic rings. The number of para-hydroxylation sites is 1. The summed E-state index contributed by atoms with van der Waals surface area (Å²) < 4.78 is 5.58. The number of nitrogens with zero attached hydrogens (tertiary/aromatic N) is 2. The molecule has 0 aromatic heterocycles. The number of hydrogen-bond donors (Lipinski definition) is 3. The number of halogens is 1. The minimum atomic E-state index is -0.00967.